The van der Waals surface area contributed by atoms with Crippen molar-refractivity contribution in [1.29, 1.82) is 0 Å². The second-order valence-electron chi connectivity index (χ2n) is 6.58. The average Bonchev–Trinajstić information content (AvgIpc) is 2.90. The first-order valence-electron chi connectivity index (χ1n) is 8.50. The topological polar surface area (TPSA) is 56.5 Å². The Kier molecular flexibility index (Phi) is 4.49. The van der Waals surface area contributed by atoms with E-state index in [0.717, 1.165) is 23.9 Å². The molecule has 1 amide bonds. The molecule has 1 aliphatic rings. The molecule has 3 rings (SSSR count). The summed E-state index contributed by atoms with van der Waals surface area (Å²) < 4.78 is 9.12. The number of aryl methyl sites for hydroxylation is 3. The molecule has 130 valence electrons. The third-order valence-electron chi connectivity index (χ3n) is 4.77. The number of carbonyl (C=O) groups excluding carboxylic acids is 1. The van der Waals surface area contributed by atoms with Crippen LogP contribution in [0.25, 0.3) is 10.9 Å². The Balaban J connectivity index is 2.03. The fourth-order valence-corrected chi connectivity index (χ4v) is 3.73. The van der Waals surface area contributed by atoms with Gasteiger partial charge in [0.25, 0.3) is 11.5 Å². The molecule has 0 aliphatic carbocycles. The standard InChI is InChI=1S/C18H25N3O3/c1-5-24-13-7-6-8-21(10-13)17(22)14-11-19(3)16-12(2)9-20(4)18(23)15(14)16/h9,11,13H,5-8,10H2,1-4H3. The number of carbonyl (C=O) groups is 1. The summed E-state index contributed by atoms with van der Waals surface area (Å²) >= 11 is 0. The minimum atomic E-state index is -0.127. The molecular weight excluding hydrogens is 306 g/mol. The molecule has 1 aliphatic heterocycles. The third kappa shape index (κ3) is 2.75. The van der Waals surface area contributed by atoms with Crippen LogP contribution in [-0.2, 0) is 18.8 Å². The molecule has 6 nitrogen and oxygen atoms in total. The first-order chi connectivity index (χ1) is 11.4. The number of hydrogen-bond acceptors (Lipinski definition) is 3. The molecule has 0 bridgehead atoms. The number of amides is 1. The number of aromatic nitrogens is 2. The van der Waals surface area contributed by atoms with E-state index >= 15 is 0 Å². The summed E-state index contributed by atoms with van der Waals surface area (Å²) in [6, 6.07) is 0. The number of nitrogens with zero attached hydrogens (tertiary/aromatic N) is 3. The maximum atomic E-state index is 13.1. The van der Waals surface area contributed by atoms with E-state index < -0.39 is 0 Å². The zero-order valence-electron chi connectivity index (χ0n) is 14.8. The first-order valence-corrected chi connectivity index (χ1v) is 8.50. The molecule has 1 atom stereocenters. The average molecular weight is 331 g/mol. The van der Waals surface area contributed by atoms with Crippen LogP contribution in [-0.4, -0.2) is 45.7 Å². The van der Waals surface area contributed by atoms with Crippen molar-refractivity contribution in [1.82, 2.24) is 14.0 Å². The molecule has 2 aromatic heterocycles. The van der Waals surface area contributed by atoms with Gasteiger partial charge in [-0.25, -0.2) is 0 Å². The van der Waals surface area contributed by atoms with Crippen molar-refractivity contribution < 1.29 is 9.53 Å². The lowest BCUT2D eigenvalue weighted by Crippen LogP contribution is -2.43. The van der Waals surface area contributed by atoms with E-state index in [2.05, 4.69) is 0 Å². The van der Waals surface area contributed by atoms with Gasteiger partial charge in [-0.2, -0.15) is 0 Å². The molecule has 1 unspecified atom stereocenters. The number of likely N-dealkylation sites (tertiary alicyclic amines) is 1. The van der Waals surface area contributed by atoms with Crippen LogP contribution in [0.2, 0.25) is 0 Å². The van der Waals surface area contributed by atoms with Crippen molar-refractivity contribution in [3.63, 3.8) is 0 Å². The number of ether oxygens (including phenoxy) is 1. The molecule has 0 N–H and O–H groups in total. The van der Waals surface area contributed by atoms with Crippen LogP contribution in [0.5, 0.6) is 0 Å². The molecule has 6 heteroatoms. The number of hydrogen-bond donors (Lipinski definition) is 0. The van der Waals surface area contributed by atoms with E-state index in [1.165, 1.54) is 0 Å². The minimum Gasteiger partial charge on any atom is -0.377 e. The van der Waals surface area contributed by atoms with E-state index in [1.54, 1.807) is 17.8 Å². The predicted molar refractivity (Wildman–Crippen MR) is 93.4 cm³/mol. The van der Waals surface area contributed by atoms with Gasteiger partial charge in [-0.1, -0.05) is 0 Å². The SMILES string of the molecule is CCOC1CCCN(C(=O)c2cn(C)c3c(C)cn(C)c(=O)c23)C1. The molecule has 0 spiro atoms. The van der Waals surface area contributed by atoms with E-state index in [-0.39, 0.29) is 17.6 Å². The molecule has 3 heterocycles. The summed E-state index contributed by atoms with van der Waals surface area (Å²) in [5.74, 6) is -0.0762. The second-order valence-corrected chi connectivity index (χ2v) is 6.58. The van der Waals surface area contributed by atoms with Gasteiger partial charge >= 0.3 is 0 Å². The Hall–Kier alpha value is -2.08. The Bertz CT molecular complexity index is 832. The van der Waals surface area contributed by atoms with Gasteiger partial charge in [0.2, 0.25) is 0 Å². The van der Waals surface area contributed by atoms with Gasteiger partial charge in [-0.3, -0.25) is 9.59 Å². The quantitative estimate of drug-likeness (QED) is 0.862. The minimum absolute atomic E-state index is 0.0762. The molecular formula is C18H25N3O3. The van der Waals surface area contributed by atoms with E-state index in [4.69, 9.17) is 4.74 Å². The Morgan fingerprint density at radius 3 is 2.75 bits per heavy atom. The van der Waals surface area contributed by atoms with E-state index in [0.29, 0.717) is 30.6 Å². The lowest BCUT2D eigenvalue weighted by Gasteiger charge is -2.32. The summed E-state index contributed by atoms with van der Waals surface area (Å²) in [5, 5.41) is 0.517. The summed E-state index contributed by atoms with van der Waals surface area (Å²) in [4.78, 5) is 27.5. The monoisotopic (exact) mass is 331 g/mol. The van der Waals surface area contributed by atoms with Crippen molar-refractivity contribution in [3.05, 3.63) is 33.9 Å². The van der Waals surface area contributed by atoms with Crippen LogP contribution >= 0.6 is 0 Å². The smallest absolute Gasteiger partial charge is 0.260 e. The van der Waals surface area contributed by atoms with E-state index in [9.17, 15) is 9.59 Å². The molecule has 1 fully saturated rings. The van der Waals surface area contributed by atoms with Crippen LogP contribution in [0.4, 0.5) is 0 Å². The fourth-order valence-electron chi connectivity index (χ4n) is 3.73. The maximum absolute atomic E-state index is 13.1. The molecule has 0 saturated carbocycles. The lowest BCUT2D eigenvalue weighted by atomic mass is 10.1. The zero-order chi connectivity index (χ0) is 17.4. The predicted octanol–water partition coefficient (Wildman–Crippen LogP) is 1.83. The lowest BCUT2D eigenvalue weighted by molar-refractivity contribution is 0.00730. The van der Waals surface area contributed by atoms with Gasteiger partial charge < -0.3 is 18.8 Å². The summed E-state index contributed by atoms with van der Waals surface area (Å²) in [6.45, 7) is 5.89. The van der Waals surface area contributed by atoms with Crippen LogP contribution in [0, 0.1) is 6.92 Å². The second kappa shape index (κ2) is 6.43. The zero-order valence-corrected chi connectivity index (χ0v) is 14.8. The van der Waals surface area contributed by atoms with Crippen molar-refractivity contribution in [2.45, 2.75) is 32.8 Å². The van der Waals surface area contributed by atoms with Gasteiger partial charge in [0.15, 0.2) is 0 Å². The van der Waals surface area contributed by atoms with Gasteiger partial charge in [-0.15, -0.1) is 0 Å². The highest BCUT2D eigenvalue weighted by Crippen LogP contribution is 2.23. The first kappa shape index (κ1) is 16.8. The van der Waals surface area contributed by atoms with Crippen molar-refractivity contribution in [2.24, 2.45) is 14.1 Å². The van der Waals surface area contributed by atoms with E-state index in [1.807, 2.05) is 36.6 Å². The largest absolute Gasteiger partial charge is 0.377 e. The molecule has 0 aromatic carbocycles. The van der Waals surface area contributed by atoms with Gasteiger partial charge in [0, 0.05) is 46.2 Å². The Morgan fingerprint density at radius 2 is 2.04 bits per heavy atom. The highest BCUT2D eigenvalue weighted by molar-refractivity contribution is 6.07. The summed E-state index contributed by atoms with van der Waals surface area (Å²) in [7, 11) is 3.60. The van der Waals surface area contributed by atoms with Crippen molar-refractivity contribution >= 4 is 16.8 Å². The van der Waals surface area contributed by atoms with Crippen molar-refractivity contribution in [2.75, 3.05) is 19.7 Å². The number of pyridine rings is 1. The van der Waals surface area contributed by atoms with Gasteiger partial charge in [0.05, 0.1) is 22.6 Å². The van der Waals surface area contributed by atoms with Crippen LogP contribution < -0.4 is 5.56 Å². The van der Waals surface area contributed by atoms with Gasteiger partial charge in [0.1, 0.15) is 0 Å². The summed E-state index contributed by atoms with van der Waals surface area (Å²) in [5.41, 5.74) is 2.19. The summed E-state index contributed by atoms with van der Waals surface area (Å²) in [6.07, 6.45) is 5.59. The number of fused-ring (bicyclic) bond motifs is 1. The molecule has 2 aromatic rings. The molecule has 24 heavy (non-hydrogen) atoms. The van der Waals surface area contributed by atoms with Gasteiger partial charge in [-0.05, 0) is 32.3 Å². The van der Waals surface area contributed by atoms with Crippen LogP contribution in [0.3, 0.4) is 0 Å². The Labute approximate surface area is 141 Å². The molecule has 1 saturated heterocycles. The molecule has 0 radical (unpaired) electrons. The van der Waals surface area contributed by atoms with Crippen molar-refractivity contribution in [3.8, 4) is 0 Å². The fraction of sp³-hybridized carbons (Fsp3) is 0.556. The van der Waals surface area contributed by atoms with Crippen LogP contribution in [0.15, 0.2) is 17.2 Å². The third-order valence-corrected chi connectivity index (χ3v) is 4.77. The highest BCUT2D eigenvalue weighted by atomic mass is 16.5. The van der Waals surface area contributed by atoms with Crippen LogP contribution in [0.1, 0.15) is 35.7 Å². The highest BCUT2D eigenvalue weighted by Gasteiger charge is 2.28. The number of piperidine rings is 1. The normalized spacial score (nSPS) is 18.3. The maximum Gasteiger partial charge on any atom is 0.260 e. The number of rotatable bonds is 3. The Morgan fingerprint density at radius 1 is 1.29 bits per heavy atom.